The number of fused-ring (bicyclic) bond motifs is 1. The van der Waals surface area contributed by atoms with E-state index in [1.165, 1.54) is 29.3 Å². The molecule has 0 bridgehead atoms. The van der Waals surface area contributed by atoms with Gasteiger partial charge in [0.05, 0.1) is 9.90 Å². The Balaban J connectivity index is 1.78. The van der Waals surface area contributed by atoms with Crippen molar-refractivity contribution in [2.75, 3.05) is 5.32 Å². The molecule has 1 aliphatic rings. The van der Waals surface area contributed by atoms with Crippen LogP contribution in [0, 0.1) is 0 Å². The van der Waals surface area contributed by atoms with E-state index in [2.05, 4.69) is 5.32 Å². The highest BCUT2D eigenvalue weighted by Gasteiger charge is 2.17. The lowest BCUT2D eigenvalue weighted by molar-refractivity contribution is 0.103. The summed E-state index contributed by atoms with van der Waals surface area (Å²) in [5, 5.41) is 12.6. The van der Waals surface area contributed by atoms with Gasteiger partial charge in [0.2, 0.25) is 0 Å². The minimum absolute atomic E-state index is 0.0325. The number of hydrogen-bond donors (Lipinski definition) is 2. The fourth-order valence-corrected chi connectivity index (χ4v) is 3.65. The van der Waals surface area contributed by atoms with Gasteiger partial charge in [0.15, 0.2) is 0 Å². The van der Waals surface area contributed by atoms with Crippen molar-refractivity contribution < 1.29 is 9.90 Å². The first-order valence-corrected chi connectivity index (χ1v) is 7.74. The maximum absolute atomic E-state index is 12.2. The largest absolute Gasteiger partial charge is 0.506 e. The van der Waals surface area contributed by atoms with Gasteiger partial charge in [-0.1, -0.05) is 11.6 Å². The van der Waals surface area contributed by atoms with Gasteiger partial charge in [-0.2, -0.15) is 0 Å². The van der Waals surface area contributed by atoms with E-state index < -0.39 is 0 Å². The molecule has 3 nitrogen and oxygen atoms in total. The average Bonchev–Trinajstić information content (AvgIpc) is 2.87. The van der Waals surface area contributed by atoms with Crippen molar-refractivity contribution in [3.05, 3.63) is 44.6 Å². The molecule has 1 aliphatic carbocycles. The molecule has 0 unspecified atom stereocenters. The van der Waals surface area contributed by atoms with E-state index in [9.17, 15) is 9.90 Å². The average molecular weight is 308 g/mol. The van der Waals surface area contributed by atoms with Crippen LogP contribution in [-0.2, 0) is 12.8 Å². The Morgan fingerprint density at radius 3 is 2.80 bits per heavy atom. The predicted octanol–water partition coefficient (Wildman–Crippen LogP) is 4.24. The zero-order valence-electron chi connectivity index (χ0n) is 10.8. The van der Waals surface area contributed by atoms with Gasteiger partial charge in [0.1, 0.15) is 5.75 Å². The van der Waals surface area contributed by atoms with Crippen LogP contribution in [0.5, 0.6) is 5.75 Å². The van der Waals surface area contributed by atoms with Crippen LogP contribution in [-0.4, -0.2) is 11.0 Å². The SMILES string of the molecule is O=C(Nc1ccc(Cl)c(O)c1)c1cc2c(s1)CCCC2. The lowest BCUT2D eigenvalue weighted by atomic mass is 9.99. The maximum Gasteiger partial charge on any atom is 0.265 e. The van der Waals surface area contributed by atoms with E-state index in [0.29, 0.717) is 5.69 Å². The molecule has 2 aromatic rings. The fourth-order valence-electron chi connectivity index (χ4n) is 2.39. The van der Waals surface area contributed by atoms with E-state index >= 15 is 0 Å². The summed E-state index contributed by atoms with van der Waals surface area (Å²) in [5.74, 6) is -0.166. The Kier molecular flexibility index (Phi) is 3.68. The molecule has 104 valence electrons. The molecule has 5 heteroatoms. The smallest absolute Gasteiger partial charge is 0.265 e. The number of phenolic OH excluding ortho intramolecular Hbond substituents is 1. The summed E-state index contributed by atoms with van der Waals surface area (Å²) in [7, 11) is 0. The quantitative estimate of drug-likeness (QED) is 0.872. The summed E-state index contributed by atoms with van der Waals surface area (Å²) in [6.07, 6.45) is 4.56. The number of hydrogen-bond acceptors (Lipinski definition) is 3. The molecule has 0 saturated carbocycles. The lowest BCUT2D eigenvalue weighted by Crippen LogP contribution is -2.09. The summed E-state index contributed by atoms with van der Waals surface area (Å²) in [4.78, 5) is 14.3. The van der Waals surface area contributed by atoms with E-state index in [1.54, 1.807) is 23.5 Å². The number of halogens is 1. The molecular formula is C15H14ClNO2S. The number of aromatic hydroxyl groups is 1. The highest BCUT2D eigenvalue weighted by atomic mass is 35.5. The Bertz CT molecular complexity index is 642. The summed E-state index contributed by atoms with van der Waals surface area (Å²) in [5.41, 5.74) is 1.86. The second-order valence-corrected chi connectivity index (χ2v) is 6.43. The molecule has 1 aromatic carbocycles. The predicted molar refractivity (Wildman–Crippen MR) is 82.0 cm³/mol. The number of nitrogens with one attached hydrogen (secondary N) is 1. The molecule has 0 fully saturated rings. The molecule has 3 rings (SSSR count). The van der Waals surface area contributed by atoms with Crippen LogP contribution < -0.4 is 5.32 Å². The van der Waals surface area contributed by atoms with Crippen molar-refractivity contribution in [1.82, 2.24) is 0 Å². The van der Waals surface area contributed by atoms with Crippen molar-refractivity contribution in [1.29, 1.82) is 0 Å². The first kappa shape index (κ1) is 13.5. The molecule has 2 N–H and O–H groups in total. The molecule has 0 radical (unpaired) electrons. The fraction of sp³-hybridized carbons (Fsp3) is 0.267. The molecule has 20 heavy (non-hydrogen) atoms. The van der Waals surface area contributed by atoms with Crippen molar-refractivity contribution in [3.8, 4) is 5.75 Å². The monoisotopic (exact) mass is 307 g/mol. The van der Waals surface area contributed by atoms with E-state index in [0.717, 1.165) is 17.7 Å². The van der Waals surface area contributed by atoms with Crippen molar-refractivity contribution in [2.24, 2.45) is 0 Å². The van der Waals surface area contributed by atoms with Crippen molar-refractivity contribution in [2.45, 2.75) is 25.7 Å². The van der Waals surface area contributed by atoms with E-state index in [-0.39, 0.29) is 16.7 Å². The Morgan fingerprint density at radius 1 is 1.25 bits per heavy atom. The molecule has 0 saturated heterocycles. The Labute approximate surface area is 126 Å². The summed E-state index contributed by atoms with van der Waals surface area (Å²) >= 11 is 7.31. The van der Waals surface area contributed by atoms with Gasteiger partial charge in [0, 0.05) is 16.6 Å². The minimum Gasteiger partial charge on any atom is -0.506 e. The molecule has 0 spiro atoms. The number of aryl methyl sites for hydroxylation is 2. The highest BCUT2D eigenvalue weighted by molar-refractivity contribution is 7.14. The summed E-state index contributed by atoms with van der Waals surface area (Å²) in [6.45, 7) is 0. The zero-order chi connectivity index (χ0) is 14.1. The number of carbonyl (C=O) groups excluding carboxylic acids is 1. The first-order chi connectivity index (χ1) is 9.63. The number of rotatable bonds is 2. The van der Waals surface area contributed by atoms with Gasteiger partial charge in [-0.05, 0) is 49.4 Å². The molecule has 1 heterocycles. The zero-order valence-corrected chi connectivity index (χ0v) is 12.4. The normalized spacial score (nSPS) is 13.8. The highest BCUT2D eigenvalue weighted by Crippen LogP contribution is 2.31. The van der Waals surface area contributed by atoms with Crippen LogP contribution in [0.3, 0.4) is 0 Å². The van der Waals surface area contributed by atoms with Crippen LogP contribution in [0.15, 0.2) is 24.3 Å². The molecule has 0 atom stereocenters. The van der Waals surface area contributed by atoms with Crippen molar-refractivity contribution in [3.63, 3.8) is 0 Å². The number of thiophene rings is 1. The Morgan fingerprint density at radius 2 is 2.05 bits per heavy atom. The van der Waals surface area contributed by atoms with E-state index in [1.807, 2.05) is 6.07 Å². The number of anilines is 1. The van der Waals surface area contributed by atoms with Gasteiger partial charge in [0.25, 0.3) is 5.91 Å². The van der Waals surface area contributed by atoms with Gasteiger partial charge in [-0.15, -0.1) is 11.3 Å². The van der Waals surface area contributed by atoms with Crippen LogP contribution in [0.1, 0.15) is 33.0 Å². The molecular weight excluding hydrogens is 294 g/mol. The second-order valence-electron chi connectivity index (χ2n) is 4.89. The summed E-state index contributed by atoms with van der Waals surface area (Å²) in [6, 6.07) is 6.68. The molecule has 1 aromatic heterocycles. The topological polar surface area (TPSA) is 49.3 Å². The van der Waals surface area contributed by atoms with Crippen LogP contribution in [0.25, 0.3) is 0 Å². The third-order valence-electron chi connectivity index (χ3n) is 3.42. The minimum atomic E-state index is -0.133. The maximum atomic E-state index is 12.2. The standard InChI is InChI=1S/C15H14ClNO2S/c16-11-6-5-10(8-12(11)18)17-15(19)14-7-9-3-1-2-4-13(9)20-14/h5-8,18H,1-4H2,(H,17,19). The van der Waals surface area contributed by atoms with E-state index in [4.69, 9.17) is 11.6 Å². The van der Waals surface area contributed by atoms with Gasteiger partial charge >= 0.3 is 0 Å². The van der Waals surface area contributed by atoms with Crippen LogP contribution in [0.4, 0.5) is 5.69 Å². The van der Waals surface area contributed by atoms with Crippen LogP contribution >= 0.6 is 22.9 Å². The number of benzene rings is 1. The van der Waals surface area contributed by atoms with Gasteiger partial charge < -0.3 is 10.4 Å². The van der Waals surface area contributed by atoms with Crippen LogP contribution in [0.2, 0.25) is 5.02 Å². The van der Waals surface area contributed by atoms with Crippen molar-refractivity contribution >= 4 is 34.5 Å². The molecule has 0 aliphatic heterocycles. The lowest BCUT2D eigenvalue weighted by Gasteiger charge is -2.08. The number of phenols is 1. The third kappa shape index (κ3) is 2.67. The number of carbonyl (C=O) groups is 1. The first-order valence-electron chi connectivity index (χ1n) is 6.55. The Hall–Kier alpha value is -1.52. The third-order valence-corrected chi connectivity index (χ3v) is 4.98. The second kappa shape index (κ2) is 5.46. The summed E-state index contributed by atoms with van der Waals surface area (Å²) < 4.78 is 0. The van der Waals surface area contributed by atoms with Gasteiger partial charge in [-0.3, -0.25) is 4.79 Å². The van der Waals surface area contributed by atoms with Gasteiger partial charge in [-0.25, -0.2) is 0 Å². The molecule has 1 amide bonds. The number of amides is 1.